The van der Waals surface area contributed by atoms with E-state index in [1.807, 2.05) is 0 Å². The van der Waals surface area contributed by atoms with Gasteiger partial charge in [-0.3, -0.25) is 4.98 Å². The summed E-state index contributed by atoms with van der Waals surface area (Å²) < 4.78 is 39.2. The number of hydrogen-bond donors (Lipinski definition) is 1. The molecule has 1 aliphatic rings. The third kappa shape index (κ3) is 3.13. The second-order valence-corrected chi connectivity index (χ2v) is 8.25. The molecule has 0 unspecified atom stereocenters. The van der Waals surface area contributed by atoms with Crippen LogP contribution in [0.2, 0.25) is 5.02 Å². The molecule has 1 fully saturated rings. The molecule has 23 heavy (non-hydrogen) atoms. The summed E-state index contributed by atoms with van der Waals surface area (Å²) in [7, 11) is -3.11. The van der Waals surface area contributed by atoms with E-state index in [-0.39, 0.29) is 17.2 Å². The fourth-order valence-electron chi connectivity index (χ4n) is 2.60. The largest absolute Gasteiger partial charge is 0.382 e. The van der Waals surface area contributed by atoms with E-state index in [1.54, 1.807) is 25.1 Å². The fraction of sp³-hybridized carbons (Fsp3) is 0.400. The zero-order valence-electron chi connectivity index (χ0n) is 12.6. The molecule has 5 nitrogen and oxygen atoms in total. The Morgan fingerprint density at radius 2 is 2.13 bits per heavy atom. The molecule has 0 amide bonds. The van der Waals surface area contributed by atoms with E-state index < -0.39 is 15.8 Å². The lowest BCUT2D eigenvalue weighted by molar-refractivity contribution is 0.212. The number of nitrogens with zero attached hydrogens (tertiary/aromatic N) is 2. The number of nitrogens with one attached hydrogen (secondary N) is 1. The monoisotopic (exact) mass is 357 g/mol. The molecule has 1 aliphatic heterocycles. The van der Waals surface area contributed by atoms with Crippen LogP contribution in [0.15, 0.2) is 24.4 Å². The molecular formula is C15H17ClFN3O2S. The quantitative estimate of drug-likeness (QED) is 0.893. The fourth-order valence-corrected chi connectivity index (χ4v) is 4.05. The maximum atomic E-state index is 14.5. The van der Waals surface area contributed by atoms with Gasteiger partial charge < -0.3 is 5.32 Å². The van der Waals surface area contributed by atoms with Crippen molar-refractivity contribution in [3.05, 3.63) is 35.2 Å². The Hall–Kier alpha value is -1.44. The summed E-state index contributed by atoms with van der Waals surface area (Å²) in [6.07, 6.45) is 1.47. The lowest BCUT2D eigenvalue weighted by atomic mass is 10.0. The Kier molecular flexibility index (Phi) is 4.44. The molecule has 2 aromatic rings. The molecule has 0 saturated carbocycles. The standard InChI is InChI=1S/C15H17ClFN3O2S/c1-2-23(21,22)20-8-10(9-20)7-19-13-4-3-11-12(16)5-6-18-15(11)14(13)17/h3-6,10,19H,2,7-9H2,1H3. The van der Waals surface area contributed by atoms with Crippen molar-refractivity contribution in [1.29, 1.82) is 0 Å². The van der Waals surface area contributed by atoms with E-state index in [4.69, 9.17) is 11.6 Å². The molecule has 1 aromatic heterocycles. The van der Waals surface area contributed by atoms with Crippen LogP contribution >= 0.6 is 11.6 Å². The number of benzene rings is 1. The number of anilines is 1. The smallest absolute Gasteiger partial charge is 0.213 e. The van der Waals surface area contributed by atoms with Gasteiger partial charge in [-0.2, -0.15) is 0 Å². The Morgan fingerprint density at radius 3 is 2.83 bits per heavy atom. The van der Waals surface area contributed by atoms with Crippen molar-refractivity contribution in [2.24, 2.45) is 5.92 Å². The van der Waals surface area contributed by atoms with Crippen LogP contribution in [0.25, 0.3) is 10.9 Å². The van der Waals surface area contributed by atoms with Gasteiger partial charge in [-0.25, -0.2) is 17.1 Å². The van der Waals surface area contributed by atoms with Crippen LogP contribution in [0.5, 0.6) is 0 Å². The Balaban J connectivity index is 1.66. The predicted octanol–water partition coefficient (Wildman–Crippen LogP) is 2.72. The van der Waals surface area contributed by atoms with Crippen molar-refractivity contribution in [3.63, 3.8) is 0 Å². The summed E-state index contributed by atoms with van der Waals surface area (Å²) in [5, 5.41) is 4.07. The highest BCUT2D eigenvalue weighted by molar-refractivity contribution is 7.89. The minimum absolute atomic E-state index is 0.110. The van der Waals surface area contributed by atoms with Gasteiger partial charge in [0, 0.05) is 37.1 Å². The van der Waals surface area contributed by atoms with Gasteiger partial charge in [0.15, 0.2) is 5.82 Å². The first kappa shape index (κ1) is 16.4. The van der Waals surface area contributed by atoms with Crippen LogP contribution in [0, 0.1) is 11.7 Å². The van der Waals surface area contributed by atoms with Crippen LogP contribution in [-0.4, -0.2) is 43.1 Å². The topological polar surface area (TPSA) is 62.3 Å². The molecule has 3 rings (SSSR count). The maximum Gasteiger partial charge on any atom is 0.213 e. The Morgan fingerprint density at radius 1 is 1.39 bits per heavy atom. The van der Waals surface area contributed by atoms with Crippen molar-refractivity contribution in [2.45, 2.75) is 6.92 Å². The van der Waals surface area contributed by atoms with Crippen LogP contribution in [0.3, 0.4) is 0 Å². The Labute approximate surface area is 139 Å². The summed E-state index contributed by atoms with van der Waals surface area (Å²) in [5.74, 6) is -0.153. The van der Waals surface area contributed by atoms with E-state index in [0.717, 1.165) is 0 Å². The van der Waals surface area contributed by atoms with Crippen molar-refractivity contribution >= 4 is 38.2 Å². The van der Waals surface area contributed by atoms with E-state index in [0.29, 0.717) is 35.7 Å². The lowest BCUT2D eigenvalue weighted by Gasteiger charge is -2.38. The van der Waals surface area contributed by atoms with Gasteiger partial charge in [-0.05, 0) is 25.1 Å². The van der Waals surface area contributed by atoms with Crippen molar-refractivity contribution in [2.75, 3.05) is 30.7 Å². The van der Waals surface area contributed by atoms with Crippen LogP contribution in [-0.2, 0) is 10.0 Å². The van der Waals surface area contributed by atoms with Gasteiger partial charge >= 0.3 is 0 Å². The lowest BCUT2D eigenvalue weighted by Crippen LogP contribution is -2.52. The zero-order valence-corrected chi connectivity index (χ0v) is 14.2. The van der Waals surface area contributed by atoms with Gasteiger partial charge in [0.1, 0.15) is 5.52 Å². The number of fused-ring (bicyclic) bond motifs is 1. The maximum absolute atomic E-state index is 14.5. The molecule has 0 aliphatic carbocycles. The first-order valence-corrected chi connectivity index (χ1v) is 9.35. The van der Waals surface area contributed by atoms with E-state index in [9.17, 15) is 12.8 Å². The molecule has 2 heterocycles. The van der Waals surface area contributed by atoms with E-state index in [1.165, 1.54) is 10.5 Å². The van der Waals surface area contributed by atoms with Crippen LogP contribution < -0.4 is 5.32 Å². The number of hydrogen-bond acceptors (Lipinski definition) is 4. The van der Waals surface area contributed by atoms with E-state index in [2.05, 4.69) is 10.3 Å². The molecule has 1 aromatic carbocycles. The predicted molar refractivity (Wildman–Crippen MR) is 89.7 cm³/mol. The third-order valence-electron chi connectivity index (χ3n) is 4.06. The van der Waals surface area contributed by atoms with Gasteiger partial charge in [0.2, 0.25) is 10.0 Å². The highest BCUT2D eigenvalue weighted by Gasteiger charge is 2.34. The average Bonchev–Trinajstić information content (AvgIpc) is 2.48. The second kappa shape index (κ2) is 6.22. The first-order chi connectivity index (χ1) is 10.9. The van der Waals surface area contributed by atoms with Crippen LogP contribution in [0.1, 0.15) is 6.92 Å². The first-order valence-electron chi connectivity index (χ1n) is 7.36. The summed E-state index contributed by atoms with van der Waals surface area (Å²) >= 11 is 6.02. The molecule has 1 N–H and O–H groups in total. The van der Waals surface area contributed by atoms with Gasteiger partial charge in [0.05, 0.1) is 16.5 Å². The highest BCUT2D eigenvalue weighted by Crippen LogP contribution is 2.28. The second-order valence-electron chi connectivity index (χ2n) is 5.58. The highest BCUT2D eigenvalue weighted by atomic mass is 35.5. The molecule has 8 heteroatoms. The SMILES string of the molecule is CCS(=O)(=O)N1CC(CNc2ccc3c(Cl)ccnc3c2F)C1. The number of pyridine rings is 1. The van der Waals surface area contributed by atoms with Gasteiger partial charge in [-0.15, -0.1) is 0 Å². The van der Waals surface area contributed by atoms with Crippen LogP contribution in [0.4, 0.5) is 10.1 Å². The summed E-state index contributed by atoms with van der Waals surface area (Å²) in [6.45, 7) is 3.09. The minimum Gasteiger partial charge on any atom is -0.382 e. The number of rotatable bonds is 5. The van der Waals surface area contributed by atoms with Crippen molar-refractivity contribution < 1.29 is 12.8 Å². The molecule has 1 saturated heterocycles. The normalized spacial score (nSPS) is 16.5. The average molecular weight is 358 g/mol. The number of aromatic nitrogens is 1. The van der Waals surface area contributed by atoms with Crippen molar-refractivity contribution in [1.82, 2.24) is 9.29 Å². The van der Waals surface area contributed by atoms with Gasteiger partial charge in [-0.1, -0.05) is 11.6 Å². The molecule has 0 radical (unpaired) electrons. The number of halogens is 2. The van der Waals surface area contributed by atoms with Crippen molar-refractivity contribution in [3.8, 4) is 0 Å². The molecule has 0 atom stereocenters. The Bertz CT molecular complexity index is 838. The molecule has 0 spiro atoms. The molecule has 0 bridgehead atoms. The molecular weight excluding hydrogens is 341 g/mol. The van der Waals surface area contributed by atoms with Gasteiger partial charge in [0.25, 0.3) is 0 Å². The minimum atomic E-state index is -3.11. The summed E-state index contributed by atoms with van der Waals surface area (Å²) in [6, 6.07) is 4.97. The summed E-state index contributed by atoms with van der Waals surface area (Å²) in [5.41, 5.74) is 0.579. The third-order valence-corrected chi connectivity index (χ3v) is 6.21. The number of sulfonamides is 1. The van der Waals surface area contributed by atoms with E-state index >= 15 is 0 Å². The molecule has 124 valence electrons. The summed E-state index contributed by atoms with van der Waals surface area (Å²) in [4.78, 5) is 4.03. The zero-order chi connectivity index (χ0) is 16.6.